The Bertz CT molecular complexity index is 1190. The number of benzene rings is 2. The van der Waals surface area contributed by atoms with Gasteiger partial charge in [-0.2, -0.15) is 0 Å². The fourth-order valence-electron chi connectivity index (χ4n) is 2.99. The van der Waals surface area contributed by atoms with Gasteiger partial charge in [0.05, 0.1) is 0 Å². The second-order valence-corrected chi connectivity index (χ2v) is 8.09. The number of nitrogens with one attached hydrogen (secondary N) is 1. The fourth-order valence-corrected chi connectivity index (χ4v) is 2.99. The molecule has 3 rings (SSSR count). The third kappa shape index (κ3) is 5.45. The van der Waals surface area contributed by atoms with Crippen molar-refractivity contribution in [2.24, 2.45) is 7.05 Å². The minimum atomic E-state index is -0.664. The van der Waals surface area contributed by atoms with Crippen LogP contribution in [0.5, 0.6) is 0 Å². The van der Waals surface area contributed by atoms with Gasteiger partial charge in [0.1, 0.15) is 11.4 Å². The quantitative estimate of drug-likeness (QED) is 0.615. The van der Waals surface area contributed by atoms with Crippen LogP contribution in [0.3, 0.4) is 0 Å². The second-order valence-electron chi connectivity index (χ2n) is 8.09. The highest BCUT2D eigenvalue weighted by atomic mass is 19.1. The Morgan fingerprint density at radius 2 is 1.68 bits per heavy atom. The van der Waals surface area contributed by atoms with Gasteiger partial charge in [-0.3, -0.25) is 14.9 Å². The number of nitrogens with zero attached hydrogens (tertiary/aromatic N) is 1. The van der Waals surface area contributed by atoms with E-state index in [-0.39, 0.29) is 11.3 Å². The average Bonchev–Trinajstić information content (AvgIpc) is 2.68. The molecule has 0 saturated heterocycles. The Labute approximate surface area is 179 Å². The Morgan fingerprint density at radius 3 is 2.29 bits per heavy atom. The number of aromatic nitrogens is 1. The van der Waals surface area contributed by atoms with Crippen LogP contribution in [0.2, 0.25) is 0 Å². The van der Waals surface area contributed by atoms with Gasteiger partial charge in [0.2, 0.25) is 5.56 Å². The molecule has 0 aliphatic rings. The van der Waals surface area contributed by atoms with E-state index in [9.17, 15) is 18.8 Å². The lowest BCUT2D eigenvalue weighted by molar-refractivity contribution is 0.0636. The summed E-state index contributed by atoms with van der Waals surface area (Å²) in [5, 5.41) is 2.66. The Hall–Kier alpha value is -3.74. The van der Waals surface area contributed by atoms with Crippen LogP contribution >= 0.6 is 0 Å². The van der Waals surface area contributed by atoms with E-state index in [1.165, 1.54) is 34.9 Å². The van der Waals surface area contributed by atoms with E-state index in [1.807, 2.05) is 0 Å². The highest BCUT2D eigenvalue weighted by Crippen LogP contribution is 2.29. The zero-order valence-corrected chi connectivity index (χ0v) is 17.7. The zero-order valence-electron chi connectivity index (χ0n) is 17.7. The maximum Gasteiger partial charge on any atom is 0.412 e. The average molecular weight is 422 g/mol. The highest BCUT2D eigenvalue weighted by Gasteiger charge is 2.19. The third-order valence-electron chi connectivity index (χ3n) is 4.41. The van der Waals surface area contributed by atoms with Gasteiger partial charge in [-0.15, -0.1) is 0 Å². The topological polar surface area (TPSA) is 77.4 Å². The predicted molar refractivity (Wildman–Crippen MR) is 117 cm³/mol. The molecule has 1 amide bonds. The van der Waals surface area contributed by atoms with Crippen LogP contribution in [-0.2, 0) is 11.8 Å². The number of ether oxygens (including phenoxy) is 1. The van der Waals surface area contributed by atoms with Crippen LogP contribution in [0.15, 0.2) is 65.6 Å². The summed E-state index contributed by atoms with van der Waals surface area (Å²) in [6, 6.07) is 13.1. The number of anilines is 1. The van der Waals surface area contributed by atoms with E-state index in [2.05, 4.69) is 5.32 Å². The van der Waals surface area contributed by atoms with Crippen LogP contribution in [-0.4, -0.2) is 22.0 Å². The number of carbonyl (C=O) groups excluding carboxylic acids is 2. The maximum atomic E-state index is 13.3. The minimum Gasteiger partial charge on any atom is -0.444 e. The van der Waals surface area contributed by atoms with E-state index in [1.54, 1.807) is 58.3 Å². The molecule has 0 aliphatic carbocycles. The summed E-state index contributed by atoms with van der Waals surface area (Å²) in [4.78, 5) is 37.1. The lowest BCUT2D eigenvalue weighted by Crippen LogP contribution is -2.27. The Morgan fingerprint density at radius 1 is 1.00 bits per heavy atom. The first kappa shape index (κ1) is 22.0. The number of carbonyl (C=O) groups is 2. The number of rotatable bonds is 4. The molecule has 160 valence electrons. The molecule has 0 fully saturated rings. The molecule has 0 unspecified atom stereocenters. The standard InChI is InChI=1S/C24H23FN2O4/c1-24(2,3)31-23(30)26-18-10-11-19(22(29)15-5-8-17(25)9-6-15)20(13-18)16-7-12-21(28)27(4)14-16/h5-14H,1-4H3,(H,26,30). The highest BCUT2D eigenvalue weighted by molar-refractivity contribution is 6.13. The molecule has 31 heavy (non-hydrogen) atoms. The van der Waals surface area contributed by atoms with Crippen molar-refractivity contribution in [3.05, 3.63) is 88.1 Å². The Kier molecular flexibility index (Phi) is 6.06. The van der Waals surface area contributed by atoms with Crippen LogP contribution in [0.25, 0.3) is 11.1 Å². The lowest BCUT2D eigenvalue weighted by Gasteiger charge is -2.20. The lowest BCUT2D eigenvalue weighted by atomic mass is 9.94. The summed E-state index contributed by atoms with van der Waals surface area (Å²) >= 11 is 0. The molecule has 2 aromatic carbocycles. The molecular weight excluding hydrogens is 399 g/mol. The molecule has 1 heterocycles. The van der Waals surface area contributed by atoms with E-state index < -0.39 is 17.5 Å². The number of hydrogen-bond acceptors (Lipinski definition) is 4. The summed E-state index contributed by atoms with van der Waals surface area (Å²) in [5.74, 6) is -0.751. The van der Waals surface area contributed by atoms with Gasteiger partial charge in [-0.25, -0.2) is 9.18 Å². The van der Waals surface area contributed by atoms with Crippen molar-refractivity contribution in [1.82, 2.24) is 4.57 Å². The van der Waals surface area contributed by atoms with Crippen molar-refractivity contribution in [3.63, 3.8) is 0 Å². The summed E-state index contributed by atoms with van der Waals surface area (Å²) in [7, 11) is 1.61. The first-order valence-corrected chi connectivity index (χ1v) is 9.65. The van der Waals surface area contributed by atoms with Crippen LogP contribution in [0.4, 0.5) is 14.9 Å². The van der Waals surface area contributed by atoms with Gasteiger partial charge in [0.15, 0.2) is 5.78 Å². The number of pyridine rings is 1. The summed E-state index contributed by atoms with van der Waals surface area (Å²) in [6.45, 7) is 5.27. The minimum absolute atomic E-state index is 0.196. The van der Waals surface area contributed by atoms with Gasteiger partial charge in [-0.1, -0.05) is 0 Å². The third-order valence-corrected chi connectivity index (χ3v) is 4.41. The smallest absolute Gasteiger partial charge is 0.412 e. The van der Waals surface area contributed by atoms with Crippen molar-refractivity contribution in [3.8, 4) is 11.1 Å². The molecule has 0 spiro atoms. The molecule has 1 N–H and O–H groups in total. The summed E-state index contributed by atoms with van der Waals surface area (Å²) in [6.07, 6.45) is 0.979. The van der Waals surface area contributed by atoms with Gasteiger partial charge in [0.25, 0.3) is 0 Å². The molecule has 0 aliphatic heterocycles. The number of halogens is 1. The van der Waals surface area contributed by atoms with Gasteiger partial charge in [-0.05, 0) is 80.4 Å². The SMILES string of the molecule is Cn1cc(-c2cc(NC(=O)OC(C)(C)C)ccc2C(=O)c2ccc(F)cc2)ccc1=O. The van der Waals surface area contributed by atoms with Crippen LogP contribution in [0, 0.1) is 5.82 Å². The molecule has 0 radical (unpaired) electrons. The predicted octanol–water partition coefficient (Wildman–Crippen LogP) is 4.77. The molecular formula is C24H23FN2O4. The molecule has 3 aromatic rings. The largest absolute Gasteiger partial charge is 0.444 e. The molecule has 7 heteroatoms. The molecule has 0 bridgehead atoms. The number of ketones is 1. The van der Waals surface area contributed by atoms with Crippen LogP contribution < -0.4 is 10.9 Å². The van der Waals surface area contributed by atoms with Gasteiger partial charge in [0, 0.05) is 36.1 Å². The fraction of sp³-hybridized carbons (Fsp3) is 0.208. The number of amides is 1. The Balaban J connectivity index is 2.06. The number of hydrogen-bond donors (Lipinski definition) is 1. The molecule has 1 aromatic heterocycles. The van der Waals surface area contributed by atoms with Crippen molar-refractivity contribution < 1.29 is 18.7 Å². The van der Waals surface area contributed by atoms with E-state index in [0.29, 0.717) is 27.9 Å². The maximum absolute atomic E-state index is 13.3. The first-order chi connectivity index (χ1) is 14.5. The summed E-state index contributed by atoms with van der Waals surface area (Å²) in [5.41, 5.74) is 1.36. The number of aryl methyl sites for hydroxylation is 1. The van der Waals surface area contributed by atoms with Gasteiger partial charge >= 0.3 is 6.09 Å². The van der Waals surface area contributed by atoms with Crippen molar-refractivity contribution in [2.45, 2.75) is 26.4 Å². The van der Waals surface area contributed by atoms with Crippen molar-refractivity contribution in [2.75, 3.05) is 5.32 Å². The van der Waals surface area contributed by atoms with Crippen LogP contribution in [0.1, 0.15) is 36.7 Å². The zero-order chi connectivity index (χ0) is 22.8. The first-order valence-electron chi connectivity index (χ1n) is 9.65. The summed E-state index contributed by atoms with van der Waals surface area (Å²) < 4.78 is 20.0. The van der Waals surface area contributed by atoms with E-state index in [4.69, 9.17) is 4.74 Å². The van der Waals surface area contributed by atoms with Crippen molar-refractivity contribution >= 4 is 17.6 Å². The van der Waals surface area contributed by atoms with E-state index >= 15 is 0 Å². The van der Waals surface area contributed by atoms with E-state index in [0.717, 1.165) is 0 Å². The molecule has 0 saturated carbocycles. The normalized spacial score (nSPS) is 11.1. The monoisotopic (exact) mass is 422 g/mol. The molecule has 0 atom stereocenters. The second kappa shape index (κ2) is 8.55. The van der Waals surface area contributed by atoms with Gasteiger partial charge < -0.3 is 9.30 Å². The van der Waals surface area contributed by atoms with Crippen molar-refractivity contribution in [1.29, 1.82) is 0 Å². The molecule has 6 nitrogen and oxygen atoms in total.